The van der Waals surface area contributed by atoms with Gasteiger partial charge in [-0.05, 0) is 6.92 Å². The normalized spacial score (nSPS) is 9.38. The number of hydrogen-bond acceptors (Lipinski definition) is 4. The van der Waals surface area contributed by atoms with Crippen LogP contribution in [0, 0.1) is 0 Å². The maximum Gasteiger partial charge on any atom is 2.00 e. The van der Waals surface area contributed by atoms with E-state index in [0.29, 0.717) is 0 Å². The predicted molar refractivity (Wildman–Crippen MR) is 59.8 cm³/mol. The Morgan fingerprint density at radius 1 is 1.00 bits per heavy atom. The van der Waals surface area contributed by atoms with Gasteiger partial charge in [-0.15, -0.1) is 0 Å². The zero-order valence-corrected chi connectivity index (χ0v) is 15.9. The number of aliphatic carboxylic acids is 3. The third-order valence-corrected chi connectivity index (χ3v) is 0.910. The Balaban J connectivity index is -0.0000000188. The van der Waals surface area contributed by atoms with Gasteiger partial charge in [0, 0.05) is 0 Å². The van der Waals surface area contributed by atoms with Gasteiger partial charge in [-0.25, -0.2) is 4.79 Å². The van der Waals surface area contributed by atoms with Crippen LogP contribution in [0.15, 0.2) is 0 Å². The summed E-state index contributed by atoms with van der Waals surface area (Å²) in [6.45, 7) is 1.20. The Hall–Kier alpha value is 1.33. The van der Waals surface area contributed by atoms with Crippen LogP contribution >= 0.6 is 0 Å². The summed E-state index contributed by atoms with van der Waals surface area (Å²) in [6.07, 6.45) is -1.82. The minimum absolute atomic E-state index is 0. The first-order valence-corrected chi connectivity index (χ1v) is 3.61. The molecule has 0 fully saturated rings. The van der Waals surface area contributed by atoms with Crippen molar-refractivity contribution in [3.8, 4) is 0 Å². The predicted octanol–water partition coefficient (Wildman–Crippen LogP) is -0.924. The minimum atomic E-state index is -1.23. The van der Waals surface area contributed by atoms with Crippen molar-refractivity contribution in [3.05, 3.63) is 0 Å². The zero-order valence-electron chi connectivity index (χ0n) is 12.9. The molecule has 0 aromatic carbocycles. The maximum atomic E-state index is 9.64. The number of aliphatic hydroxyl groups excluding tert-OH is 1. The molecule has 1 unspecified atom stereocenters. The number of hydrogen-bond donors (Lipinski definition) is 4. The van der Waals surface area contributed by atoms with Gasteiger partial charge in [0.1, 0.15) is 6.10 Å². The quantitative estimate of drug-likeness (QED) is 0.459. The third-order valence-electron chi connectivity index (χ3n) is 0.910. The monoisotopic (exact) mass is 388 g/mol. The number of carbonyl (C=O) groups is 3. The molecule has 0 saturated carbocycles. The molecular formula is C7H16O7Sr2. The van der Waals surface area contributed by atoms with Gasteiger partial charge in [-0.1, -0.05) is 0 Å². The first kappa shape index (κ1) is 26.0. The number of carboxylic acids is 3. The van der Waals surface area contributed by atoms with E-state index in [1.54, 1.807) is 0 Å². The summed E-state index contributed by atoms with van der Waals surface area (Å²) in [7, 11) is 0. The molecule has 4 N–H and O–H groups in total. The van der Waals surface area contributed by atoms with Crippen LogP contribution in [-0.2, 0) is 14.4 Å². The van der Waals surface area contributed by atoms with Crippen LogP contribution in [0.1, 0.15) is 25.5 Å². The molecule has 0 aliphatic carbocycles. The standard InChI is InChI=1S/C4H6O4.C3H6O3.2Sr.4H/c5-3(6)1-2-4(7)8;1-2(4)3(5)6;;;;;;/h1-2H2,(H,5,6)(H,7,8);2,4H,1H3,(H,5,6);;;;;;/q;;2*+2;4*-1. The smallest absolute Gasteiger partial charge is 1.00 e. The molecule has 0 aromatic rings. The Labute approximate surface area is 172 Å². The van der Waals surface area contributed by atoms with E-state index >= 15 is 0 Å². The topological polar surface area (TPSA) is 132 Å². The molecule has 7 nitrogen and oxygen atoms in total. The average molecular weight is 387 g/mol. The van der Waals surface area contributed by atoms with Gasteiger partial charge in [0.2, 0.25) is 0 Å². The average Bonchev–Trinajstić information content (AvgIpc) is 2.01. The second kappa shape index (κ2) is 16.3. The molecular weight excluding hydrogens is 371 g/mol. The fraction of sp³-hybridized carbons (Fsp3) is 0.571. The molecule has 16 heavy (non-hydrogen) atoms. The van der Waals surface area contributed by atoms with Crippen LogP contribution in [0.25, 0.3) is 0 Å². The molecule has 0 saturated heterocycles. The molecule has 0 amide bonds. The summed E-state index contributed by atoms with van der Waals surface area (Å²) in [5.74, 6) is -3.34. The van der Waals surface area contributed by atoms with Gasteiger partial charge in [0.05, 0.1) is 12.8 Å². The summed E-state index contributed by atoms with van der Waals surface area (Å²) in [4.78, 5) is 28.7. The van der Waals surface area contributed by atoms with Gasteiger partial charge in [-0.3, -0.25) is 9.59 Å². The summed E-state index contributed by atoms with van der Waals surface area (Å²) in [5.41, 5.74) is 0. The van der Waals surface area contributed by atoms with Crippen molar-refractivity contribution in [1.29, 1.82) is 0 Å². The Morgan fingerprint density at radius 2 is 1.19 bits per heavy atom. The Morgan fingerprint density at radius 3 is 1.25 bits per heavy atom. The fourth-order valence-corrected chi connectivity index (χ4v) is 0.214. The largest absolute Gasteiger partial charge is 2.00 e. The minimum Gasteiger partial charge on any atom is -1.00 e. The van der Waals surface area contributed by atoms with Crippen LogP contribution < -0.4 is 0 Å². The number of rotatable bonds is 4. The van der Waals surface area contributed by atoms with E-state index in [2.05, 4.69) is 0 Å². The van der Waals surface area contributed by atoms with E-state index in [-0.39, 0.29) is 110 Å². The van der Waals surface area contributed by atoms with Crippen LogP contribution in [0.5, 0.6) is 0 Å². The molecule has 0 rings (SSSR count). The molecule has 0 radical (unpaired) electrons. The molecule has 9 heteroatoms. The fourth-order valence-electron chi connectivity index (χ4n) is 0.214. The molecule has 1 atom stereocenters. The number of carboxylic acid groups (broad SMARTS) is 3. The molecule has 90 valence electrons. The summed E-state index contributed by atoms with van der Waals surface area (Å²) < 4.78 is 0. The van der Waals surface area contributed by atoms with E-state index in [9.17, 15) is 14.4 Å². The molecule has 0 heterocycles. The van der Waals surface area contributed by atoms with Crippen LogP contribution in [0.2, 0.25) is 0 Å². The molecule has 0 bridgehead atoms. The van der Waals surface area contributed by atoms with Crippen molar-refractivity contribution in [3.63, 3.8) is 0 Å². The van der Waals surface area contributed by atoms with Gasteiger partial charge in [0.25, 0.3) is 0 Å². The first-order valence-electron chi connectivity index (χ1n) is 3.61. The van der Waals surface area contributed by atoms with E-state index in [0.717, 1.165) is 0 Å². The van der Waals surface area contributed by atoms with Crippen LogP contribution in [0.3, 0.4) is 0 Å². The second-order valence-electron chi connectivity index (χ2n) is 2.30. The zero-order chi connectivity index (χ0) is 11.7. The van der Waals surface area contributed by atoms with Crippen molar-refractivity contribution in [1.82, 2.24) is 0 Å². The van der Waals surface area contributed by atoms with Crippen LogP contribution in [0.4, 0.5) is 0 Å². The summed E-state index contributed by atoms with van der Waals surface area (Å²) in [6, 6.07) is 0. The molecule has 0 aliphatic heterocycles. The van der Waals surface area contributed by atoms with Crippen molar-refractivity contribution in [2.24, 2.45) is 0 Å². The van der Waals surface area contributed by atoms with Crippen molar-refractivity contribution >= 4 is 109 Å². The van der Waals surface area contributed by atoms with Crippen molar-refractivity contribution < 1.29 is 40.5 Å². The van der Waals surface area contributed by atoms with Gasteiger partial charge < -0.3 is 26.1 Å². The first-order chi connectivity index (χ1) is 6.27. The second-order valence-corrected chi connectivity index (χ2v) is 2.30. The molecule has 0 spiro atoms. The molecule has 0 aliphatic rings. The van der Waals surface area contributed by atoms with Crippen LogP contribution in [-0.4, -0.2) is 135 Å². The van der Waals surface area contributed by atoms with Gasteiger partial charge in [-0.2, -0.15) is 0 Å². The maximum absolute atomic E-state index is 9.64. The Kier molecular flexibility index (Phi) is 26.5. The van der Waals surface area contributed by atoms with E-state index in [4.69, 9.17) is 20.4 Å². The summed E-state index contributed by atoms with van der Waals surface area (Å²) in [5, 5.41) is 31.6. The number of aliphatic hydroxyl groups is 1. The van der Waals surface area contributed by atoms with Gasteiger partial charge in [0.15, 0.2) is 0 Å². The van der Waals surface area contributed by atoms with E-state index in [1.165, 1.54) is 6.92 Å². The SMILES string of the molecule is CC(O)C(=O)O.O=C(O)CCC(=O)O.[H-].[H-].[H-].[H-].[Sr+2].[Sr+2]. The Bertz CT molecular complexity index is 217. The van der Waals surface area contributed by atoms with Crippen molar-refractivity contribution in [2.75, 3.05) is 0 Å². The molecule has 0 aromatic heterocycles. The van der Waals surface area contributed by atoms with E-state index in [1.807, 2.05) is 0 Å². The third kappa shape index (κ3) is 29.5. The van der Waals surface area contributed by atoms with E-state index < -0.39 is 24.0 Å². The van der Waals surface area contributed by atoms with Crippen molar-refractivity contribution in [2.45, 2.75) is 25.9 Å². The van der Waals surface area contributed by atoms with Gasteiger partial charge >= 0.3 is 109 Å². The summed E-state index contributed by atoms with van der Waals surface area (Å²) >= 11 is 0.